The number of carbonyl (C=O) groups is 2. The number of carbonyl (C=O) groups excluding carboxylic acids is 2. The van der Waals surface area contributed by atoms with Crippen LogP contribution in [0.15, 0.2) is 42.5 Å². The predicted octanol–water partition coefficient (Wildman–Crippen LogP) is 3.47. The molecule has 2 amide bonds. The number of nitrogens with one attached hydrogen (secondary N) is 2. The Morgan fingerprint density at radius 2 is 1.64 bits per heavy atom. The molecule has 25 heavy (non-hydrogen) atoms. The highest BCUT2D eigenvalue weighted by molar-refractivity contribution is 6.30. The first-order chi connectivity index (χ1) is 11.8. The van der Waals surface area contributed by atoms with Crippen molar-refractivity contribution in [1.82, 2.24) is 4.90 Å². The molecule has 6 heteroatoms. The Morgan fingerprint density at radius 1 is 1.00 bits per heavy atom. The summed E-state index contributed by atoms with van der Waals surface area (Å²) in [4.78, 5) is 25.9. The number of rotatable bonds is 6. The summed E-state index contributed by atoms with van der Waals surface area (Å²) in [6.45, 7) is 4.19. The molecule has 132 valence electrons. The van der Waals surface area contributed by atoms with Crippen molar-refractivity contribution in [2.45, 2.75) is 13.8 Å². The second kappa shape index (κ2) is 8.65. The first-order valence-electron chi connectivity index (χ1n) is 7.95. The van der Waals surface area contributed by atoms with Gasteiger partial charge in [0.2, 0.25) is 11.8 Å². The van der Waals surface area contributed by atoms with Crippen LogP contribution < -0.4 is 10.6 Å². The smallest absolute Gasteiger partial charge is 0.238 e. The second-order valence-corrected chi connectivity index (χ2v) is 6.46. The lowest BCUT2D eigenvalue weighted by Gasteiger charge is -2.17. The van der Waals surface area contributed by atoms with Crippen molar-refractivity contribution < 1.29 is 9.59 Å². The van der Waals surface area contributed by atoms with Gasteiger partial charge in [0.15, 0.2) is 0 Å². The van der Waals surface area contributed by atoms with E-state index in [2.05, 4.69) is 10.6 Å². The van der Waals surface area contributed by atoms with Gasteiger partial charge in [0, 0.05) is 16.4 Å². The van der Waals surface area contributed by atoms with Crippen molar-refractivity contribution in [3.63, 3.8) is 0 Å². The van der Waals surface area contributed by atoms with Crippen LogP contribution in [0.4, 0.5) is 11.4 Å². The summed E-state index contributed by atoms with van der Waals surface area (Å²) in [5.41, 5.74) is 3.58. The van der Waals surface area contributed by atoms with E-state index in [0.29, 0.717) is 10.7 Å². The van der Waals surface area contributed by atoms with E-state index in [1.165, 1.54) is 0 Å². The zero-order valence-electron chi connectivity index (χ0n) is 14.6. The molecular formula is C19H22ClN3O2. The summed E-state index contributed by atoms with van der Waals surface area (Å²) in [7, 11) is 1.72. The van der Waals surface area contributed by atoms with Gasteiger partial charge in [-0.2, -0.15) is 0 Å². The van der Waals surface area contributed by atoms with Crippen molar-refractivity contribution >= 4 is 34.8 Å². The minimum Gasteiger partial charge on any atom is -0.325 e. The Labute approximate surface area is 153 Å². The molecule has 0 aliphatic rings. The SMILES string of the molecule is Cc1cccc(NC(=O)CN(C)CC(=O)Nc2cccc(Cl)c2)c1C. The van der Waals surface area contributed by atoms with Crippen LogP contribution in [0, 0.1) is 13.8 Å². The molecule has 0 unspecified atom stereocenters. The van der Waals surface area contributed by atoms with E-state index in [9.17, 15) is 9.59 Å². The fraction of sp³-hybridized carbons (Fsp3) is 0.263. The first-order valence-corrected chi connectivity index (χ1v) is 8.33. The van der Waals surface area contributed by atoms with Crippen LogP contribution in [0.1, 0.15) is 11.1 Å². The normalized spacial score (nSPS) is 10.6. The molecule has 0 radical (unpaired) electrons. The van der Waals surface area contributed by atoms with Gasteiger partial charge in [-0.25, -0.2) is 0 Å². The van der Waals surface area contributed by atoms with Gasteiger partial charge in [-0.15, -0.1) is 0 Å². The van der Waals surface area contributed by atoms with Crippen LogP contribution in [0.3, 0.4) is 0 Å². The Hall–Kier alpha value is -2.37. The highest BCUT2D eigenvalue weighted by Gasteiger charge is 2.12. The van der Waals surface area contributed by atoms with E-state index in [-0.39, 0.29) is 24.9 Å². The fourth-order valence-corrected chi connectivity index (χ4v) is 2.58. The molecule has 5 nitrogen and oxygen atoms in total. The molecule has 0 spiro atoms. The van der Waals surface area contributed by atoms with Crippen molar-refractivity contribution in [2.24, 2.45) is 0 Å². The molecule has 0 bridgehead atoms. The molecule has 0 fully saturated rings. The summed E-state index contributed by atoms with van der Waals surface area (Å²) in [5.74, 6) is -0.365. The van der Waals surface area contributed by atoms with Gasteiger partial charge in [-0.05, 0) is 56.3 Å². The lowest BCUT2D eigenvalue weighted by Crippen LogP contribution is -2.36. The number of aryl methyl sites for hydroxylation is 1. The number of anilines is 2. The summed E-state index contributed by atoms with van der Waals surface area (Å²) in [6, 6.07) is 12.7. The maximum atomic E-state index is 12.2. The van der Waals surface area contributed by atoms with Gasteiger partial charge in [-0.1, -0.05) is 29.8 Å². The minimum atomic E-state index is -0.204. The Morgan fingerprint density at radius 3 is 2.32 bits per heavy atom. The standard InChI is InChI=1S/C19H22ClN3O2/c1-13-6-4-9-17(14(13)2)22-19(25)12-23(3)11-18(24)21-16-8-5-7-15(20)10-16/h4-10H,11-12H2,1-3H3,(H,21,24)(H,22,25). The summed E-state index contributed by atoms with van der Waals surface area (Å²) < 4.78 is 0. The van der Waals surface area contributed by atoms with Gasteiger partial charge in [-0.3, -0.25) is 14.5 Å². The highest BCUT2D eigenvalue weighted by Crippen LogP contribution is 2.18. The van der Waals surface area contributed by atoms with Gasteiger partial charge >= 0.3 is 0 Å². The average Bonchev–Trinajstić information content (AvgIpc) is 2.51. The quantitative estimate of drug-likeness (QED) is 0.830. The van der Waals surface area contributed by atoms with Crippen LogP contribution in [0.2, 0.25) is 5.02 Å². The van der Waals surface area contributed by atoms with E-state index < -0.39 is 0 Å². The molecule has 0 saturated carbocycles. The monoisotopic (exact) mass is 359 g/mol. The molecule has 0 saturated heterocycles. The van der Waals surface area contributed by atoms with E-state index in [4.69, 9.17) is 11.6 Å². The maximum Gasteiger partial charge on any atom is 0.238 e. The Kier molecular flexibility index (Phi) is 6.56. The van der Waals surface area contributed by atoms with Crippen molar-refractivity contribution in [2.75, 3.05) is 30.8 Å². The summed E-state index contributed by atoms with van der Waals surface area (Å²) >= 11 is 5.89. The van der Waals surface area contributed by atoms with E-state index in [1.807, 2.05) is 32.0 Å². The number of nitrogens with zero attached hydrogens (tertiary/aromatic N) is 1. The van der Waals surface area contributed by atoms with Gasteiger partial charge in [0.1, 0.15) is 0 Å². The summed E-state index contributed by atoms with van der Waals surface area (Å²) in [6.07, 6.45) is 0. The van der Waals surface area contributed by atoms with Gasteiger partial charge < -0.3 is 10.6 Å². The van der Waals surface area contributed by atoms with Crippen LogP contribution in [-0.2, 0) is 9.59 Å². The highest BCUT2D eigenvalue weighted by atomic mass is 35.5. The van der Waals surface area contributed by atoms with E-state index in [0.717, 1.165) is 16.8 Å². The second-order valence-electron chi connectivity index (χ2n) is 6.03. The fourth-order valence-electron chi connectivity index (χ4n) is 2.39. The molecule has 0 aliphatic carbocycles. The number of halogens is 1. The molecule has 0 heterocycles. The molecule has 0 aliphatic heterocycles. The number of benzene rings is 2. The minimum absolute atomic E-state index is 0.104. The van der Waals surface area contributed by atoms with Crippen molar-refractivity contribution in [1.29, 1.82) is 0 Å². The lowest BCUT2D eigenvalue weighted by atomic mass is 10.1. The lowest BCUT2D eigenvalue weighted by molar-refractivity contribution is -0.119. The van der Waals surface area contributed by atoms with E-state index in [1.54, 1.807) is 36.2 Å². The predicted molar refractivity (Wildman–Crippen MR) is 102 cm³/mol. The Bertz CT molecular complexity index is 777. The molecule has 2 N–H and O–H groups in total. The van der Waals surface area contributed by atoms with Crippen molar-refractivity contribution in [3.05, 3.63) is 58.6 Å². The third-order valence-corrected chi connectivity index (χ3v) is 4.05. The zero-order valence-corrected chi connectivity index (χ0v) is 15.4. The van der Waals surface area contributed by atoms with Crippen LogP contribution in [0.5, 0.6) is 0 Å². The third kappa shape index (κ3) is 5.89. The maximum absolute atomic E-state index is 12.2. The molecule has 2 rings (SSSR count). The molecular weight excluding hydrogens is 338 g/mol. The van der Waals surface area contributed by atoms with Crippen LogP contribution >= 0.6 is 11.6 Å². The summed E-state index contributed by atoms with van der Waals surface area (Å²) in [5, 5.41) is 6.19. The van der Waals surface area contributed by atoms with Gasteiger partial charge in [0.05, 0.1) is 13.1 Å². The van der Waals surface area contributed by atoms with Crippen molar-refractivity contribution in [3.8, 4) is 0 Å². The van der Waals surface area contributed by atoms with Crippen LogP contribution in [-0.4, -0.2) is 36.9 Å². The zero-order chi connectivity index (χ0) is 18.4. The molecule has 0 aromatic heterocycles. The number of likely N-dealkylation sites (N-methyl/N-ethyl adjacent to an activating group) is 1. The molecule has 0 atom stereocenters. The third-order valence-electron chi connectivity index (χ3n) is 3.81. The largest absolute Gasteiger partial charge is 0.325 e. The van der Waals surface area contributed by atoms with Gasteiger partial charge in [0.25, 0.3) is 0 Å². The molecule has 2 aromatic carbocycles. The number of hydrogen-bond acceptors (Lipinski definition) is 3. The topological polar surface area (TPSA) is 61.4 Å². The number of amides is 2. The Balaban J connectivity index is 1.84. The van der Waals surface area contributed by atoms with Crippen LogP contribution in [0.25, 0.3) is 0 Å². The van der Waals surface area contributed by atoms with E-state index >= 15 is 0 Å². The molecule has 2 aromatic rings. The average molecular weight is 360 g/mol. The number of hydrogen-bond donors (Lipinski definition) is 2. The first kappa shape index (κ1) is 19.0.